The van der Waals surface area contributed by atoms with Crippen LogP contribution in [0.3, 0.4) is 0 Å². The van der Waals surface area contributed by atoms with Gasteiger partial charge in [0, 0.05) is 0 Å². The Morgan fingerprint density at radius 1 is 1.08 bits per heavy atom. The molecule has 6 heteroatoms. The number of rotatable bonds is 8. The Morgan fingerprint density at radius 3 is 2.27 bits per heavy atom. The van der Waals surface area contributed by atoms with Gasteiger partial charge in [0.15, 0.2) is 0 Å². The molecule has 5 nitrogen and oxygen atoms in total. The third kappa shape index (κ3) is 5.33. The fourth-order valence-corrected chi connectivity index (χ4v) is 3.80. The third-order valence-corrected chi connectivity index (χ3v) is 5.31. The van der Waals surface area contributed by atoms with Gasteiger partial charge in [-0.2, -0.15) is 0 Å². The lowest BCUT2D eigenvalue weighted by Gasteiger charge is -2.25. The first kappa shape index (κ1) is 20.0. The van der Waals surface area contributed by atoms with Gasteiger partial charge < -0.3 is 5.32 Å². The fraction of sp³-hybridized carbons (Fsp3) is 0.350. The molecule has 0 heterocycles. The molecule has 1 amide bonds. The molecule has 1 atom stereocenters. The maximum atomic E-state index is 12.6. The van der Waals surface area contributed by atoms with Crippen molar-refractivity contribution in [2.24, 2.45) is 0 Å². The van der Waals surface area contributed by atoms with Gasteiger partial charge in [0.25, 0.3) is 0 Å². The second kappa shape index (κ2) is 8.85. The molecule has 0 spiro atoms. The van der Waals surface area contributed by atoms with E-state index in [4.69, 9.17) is 0 Å². The van der Waals surface area contributed by atoms with E-state index in [-0.39, 0.29) is 18.5 Å². The van der Waals surface area contributed by atoms with Crippen molar-refractivity contribution in [3.05, 3.63) is 65.7 Å². The van der Waals surface area contributed by atoms with Crippen LogP contribution in [0, 0.1) is 6.92 Å². The summed E-state index contributed by atoms with van der Waals surface area (Å²) in [5.41, 5.74) is 2.35. The van der Waals surface area contributed by atoms with Gasteiger partial charge in [-0.05, 0) is 30.5 Å². The van der Waals surface area contributed by atoms with Crippen molar-refractivity contribution in [3.63, 3.8) is 0 Å². The highest BCUT2D eigenvalue weighted by Crippen LogP contribution is 2.22. The third-order valence-electron chi connectivity index (χ3n) is 4.19. The van der Waals surface area contributed by atoms with E-state index in [0.717, 1.165) is 34.5 Å². The first-order valence-electron chi connectivity index (χ1n) is 8.70. The number of benzene rings is 2. The van der Waals surface area contributed by atoms with Gasteiger partial charge in [0.1, 0.15) is 6.54 Å². The first-order valence-corrected chi connectivity index (χ1v) is 10.6. The van der Waals surface area contributed by atoms with Crippen LogP contribution in [0.25, 0.3) is 0 Å². The van der Waals surface area contributed by atoms with Gasteiger partial charge in [-0.15, -0.1) is 0 Å². The molecule has 0 radical (unpaired) electrons. The predicted octanol–water partition coefficient (Wildman–Crippen LogP) is 3.42. The van der Waals surface area contributed by atoms with Crippen LogP contribution >= 0.6 is 0 Å². The first-order chi connectivity index (χ1) is 12.3. The lowest BCUT2D eigenvalue weighted by Crippen LogP contribution is -2.41. The van der Waals surface area contributed by atoms with E-state index in [9.17, 15) is 13.2 Å². The number of anilines is 1. The lowest BCUT2D eigenvalue weighted by atomic mass is 10.0. The summed E-state index contributed by atoms with van der Waals surface area (Å²) in [7, 11) is -3.58. The normalized spacial score (nSPS) is 12.4. The van der Waals surface area contributed by atoms with Crippen LogP contribution in [0.4, 0.5) is 5.69 Å². The van der Waals surface area contributed by atoms with Crippen molar-refractivity contribution < 1.29 is 13.2 Å². The Hall–Kier alpha value is -2.34. The van der Waals surface area contributed by atoms with Crippen molar-refractivity contribution in [1.29, 1.82) is 0 Å². The summed E-state index contributed by atoms with van der Waals surface area (Å²) >= 11 is 0. The van der Waals surface area contributed by atoms with Crippen LogP contribution < -0.4 is 9.62 Å². The topological polar surface area (TPSA) is 66.5 Å². The Bertz CT molecular complexity index is 835. The van der Waals surface area contributed by atoms with Crippen LogP contribution in [-0.2, 0) is 14.8 Å². The number of sulfonamides is 1. The molecule has 0 aromatic heterocycles. The number of hydrogen-bond donors (Lipinski definition) is 1. The number of carbonyl (C=O) groups excluding carboxylic acids is 1. The summed E-state index contributed by atoms with van der Waals surface area (Å²) in [6, 6.07) is 16.7. The standard InChI is InChI=1S/C20H26N2O3S/c1-4-10-18(17-12-6-5-7-13-17)21-20(23)15-22(26(3,24)25)19-14-9-8-11-16(19)2/h5-9,11-14,18H,4,10,15H2,1-3H3,(H,21,23). The minimum Gasteiger partial charge on any atom is -0.348 e. The van der Waals surface area contributed by atoms with Gasteiger partial charge in [0.2, 0.25) is 15.9 Å². The molecule has 0 saturated carbocycles. The average molecular weight is 375 g/mol. The molecule has 0 aliphatic heterocycles. The molecule has 1 N–H and O–H groups in total. The monoisotopic (exact) mass is 374 g/mol. The molecular formula is C20H26N2O3S. The van der Waals surface area contributed by atoms with Crippen LogP contribution in [-0.4, -0.2) is 27.1 Å². The quantitative estimate of drug-likeness (QED) is 0.770. The second-order valence-corrected chi connectivity index (χ2v) is 8.28. The molecule has 0 fully saturated rings. The Kier molecular flexibility index (Phi) is 6.80. The van der Waals surface area contributed by atoms with Crippen molar-refractivity contribution in [2.45, 2.75) is 32.7 Å². The van der Waals surface area contributed by atoms with Crippen molar-refractivity contribution in [1.82, 2.24) is 5.32 Å². The number of amides is 1. The Labute approximate surface area is 156 Å². The molecule has 140 valence electrons. The predicted molar refractivity (Wildman–Crippen MR) is 106 cm³/mol. The molecule has 0 saturated heterocycles. The van der Waals surface area contributed by atoms with Crippen LogP contribution in [0.1, 0.15) is 36.9 Å². The highest BCUT2D eigenvalue weighted by atomic mass is 32.2. The maximum Gasteiger partial charge on any atom is 0.241 e. The van der Waals surface area contributed by atoms with E-state index in [2.05, 4.69) is 12.2 Å². The zero-order valence-corrected chi connectivity index (χ0v) is 16.3. The number of carbonyl (C=O) groups is 1. The fourth-order valence-electron chi connectivity index (χ4n) is 2.89. The van der Waals surface area contributed by atoms with Crippen LogP contribution in [0.5, 0.6) is 0 Å². The lowest BCUT2D eigenvalue weighted by molar-refractivity contribution is -0.120. The highest BCUT2D eigenvalue weighted by Gasteiger charge is 2.23. The van der Waals surface area contributed by atoms with Crippen LogP contribution in [0.2, 0.25) is 0 Å². The molecule has 2 rings (SSSR count). The van der Waals surface area contributed by atoms with Gasteiger partial charge in [-0.25, -0.2) is 8.42 Å². The number of nitrogens with one attached hydrogen (secondary N) is 1. The van der Waals surface area contributed by atoms with E-state index in [1.807, 2.05) is 49.4 Å². The number of hydrogen-bond acceptors (Lipinski definition) is 3. The number of aryl methyl sites for hydroxylation is 1. The summed E-state index contributed by atoms with van der Waals surface area (Å²) in [6.45, 7) is 3.64. The maximum absolute atomic E-state index is 12.6. The van der Waals surface area contributed by atoms with Crippen LogP contribution in [0.15, 0.2) is 54.6 Å². The Morgan fingerprint density at radius 2 is 1.69 bits per heavy atom. The second-order valence-electron chi connectivity index (χ2n) is 6.38. The summed E-state index contributed by atoms with van der Waals surface area (Å²) in [4.78, 5) is 12.6. The minimum atomic E-state index is -3.58. The zero-order chi connectivity index (χ0) is 19.2. The molecule has 26 heavy (non-hydrogen) atoms. The smallest absolute Gasteiger partial charge is 0.241 e. The highest BCUT2D eigenvalue weighted by molar-refractivity contribution is 7.92. The molecule has 2 aromatic rings. The summed E-state index contributed by atoms with van der Waals surface area (Å²) in [5.74, 6) is -0.319. The summed E-state index contributed by atoms with van der Waals surface area (Å²) in [5, 5.41) is 2.98. The Balaban J connectivity index is 2.20. The van der Waals surface area contributed by atoms with Crippen molar-refractivity contribution in [2.75, 3.05) is 17.1 Å². The molecule has 0 bridgehead atoms. The number of para-hydroxylation sites is 1. The van der Waals surface area contributed by atoms with Crippen molar-refractivity contribution >= 4 is 21.6 Å². The molecular weight excluding hydrogens is 348 g/mol. The van der Waals surface area contributed by atoms with Gasteiger partial charge in [0.05, 0.1) is 18.0 Å². The van der Waals surface area contributed by atoms with E-state index < -0.39 is 10.0 Å². The van der Waals surface area contributed by atoms with E-state index in [0.29, 0.717) is 5.69 Å². The molecule has 1 unspecified atom stereocenters. The zero-order valence-electron chi connectivity index (χ0n) is 15.5. The average Bonchev–Trinajstić information content (AvgIpc) is 2.60. The van der Waals surface area contributed by atoms with E-state index >= 15 is 0 Å². The minimum absolute atomic E-state index is 0.132. The SMILES string of the molecule is CCCC(NC(=O)CN(c1ccccc1C)S(C)(=O)=O)c1ccccc1. The molecule has 0 aliphatic carbocycles. The largest absolute Gasteiger partial charge is 0.348 e. The molecule has 0 aliphatic rings. The molecule has 2 aromatic carbocycles. The van der Waals surface area contributed by atoms with Gasteiger partial charge in [-0.1, -0.05) is 61.9 Å². The van der Waals surface area contributed by atoms with Gasteiger partial charge in [-0.3, -0.25) is 9.10 Å². The van der Waals surface area contributed by atoms with E-state index in [1.54, 1.807) is 12.1 Å². The summed E-state index contributed by atoms with van der Waals surface area (Å²) < 4.78 is 25.7. The van der Waals surface area contributed by atoms with Crippen molar-refractivity contribution in [3.8, 4) is 0 Å². The van der Waals surface area contributed by atoms with Gasteiger partial charge >= 0.3 is 0 Å². The summed E-state index contributed by atoms with van der Waals surface area (Å²) in [6.07, 6.45) is 2.82. The van der Waals surface area contributed by atoms with E-state index in [1.165, 1.54) is 0 Å². The number of nitrogens with zero attached hydrogens (tertiary/aromatic N) is 1.